The van der Waals surface area contributed by atoms with Gasteiger partial charge < -0.3 is 5.73 Å². The second-order valence-electron chi connectivity index (χ2n) is 4.02. The first kappa shape index (κ1) is 11.3. The van der Waals surface area contributed by atoms with Gasteiger partial charge in [-0.1, -0.05) is 7.92 Å². The number of anilines is 1. The lowest BCUT2D eigenvalue weighted by molar-refractivity contribution is 0.613. The number of aromatic nitrogens is 1. The van der Waals surface area contributed by atoms with Crippen LogP contribution in [-0.2, 0) is 0 Å². The van der Waals surface area contributed by atoms with Crippen molar-refractivity contribution in [3.63, 3.8) is 0 Å². The molecule has 2 rings (SSSR count). The number of nitrogens with zero attached hydrogens (tertiary/aromatic N) is 1. The number of aryl methyl sites for hydroxylation is 1. The number of fused-ring (bicyclic) bond motifs is 1. The third-order valence-electron chi connectivity index (χ3n) is 2.58. The van der Waals surface area contributed by atoms with Crippen molar-refractivity contribution in [1.82, 2.24) is 4.98 Å². The van der Waals surface area contributed by atoms with Gasteiger partial charge in [-0.05, 0) is 38.5 Å². The number of rotatable bonds is 1. The van der Waals surface area contributed by atoms with Crippen molar-refractivity contribution >= 4 is 29.8 Å². The molecule has 0 saturated carbocycles. The molecule has 2 aromatic rings. The molecule has 0 bridgehead atoms. The molecule has 0 saturated heterocycles. The van der Waals surface area contributed by atoms with E-state index in [9.17, 15) is 4.39 Å². The molecule has 0 atom stereocenters. The molecule has 0 aliphatic rings. The van der Waals surface area contributed by atoms with Gasteiger partial charge in [0.25, 0.3) is 0 Å². The number of hydrogen-bond donors (Lipinski definition) is 1. The number of nitrogens with two attached hydrogens (primary N) is 1. The van der Waals surface area contributed by atoms with Crippen LogP contribution in [0.5, 0.6) is 0 Å². The quantitative estimate of drug-likeness (QED) is 0.610. The third kappa shape index (κ3) is 1.76. The summed E-state index contributed by atoms with van der Waals surface area (Å²) in [5.74, 6) is -0.267. The van der Waals surface area contributed by atoms with Crippen molar-refractivity contribution in [3.05, 3.63) is 29.7 Å². The zero-order chi connectivity index (χ0) is 11.9. The Hall–Kier alpha value is -1.21. The van der Waals surface area contributed by atoms with E-state index in [1.807, 2.05) is 12.1 Å². The summed E-state index contributed by atoms with van der Waals surface area (Å²) in [6, 6.07) is 5.25. The number of hydrogen-bond acceptors (Lipinski definition) is 2. The Labute approximate surface area is 95.4 Å². The molecule has 1 heterocycles. The van der Waals surface area contributed by atoms with Crippen molar-refractivity contribution in [3.8, 4) is 0 Å². The Balaban J connectivity index is 2.86. The summed E-state index contributed by atoms with van der Waals surface area (Å²) in [6.07, 6.45) is 0. The summed E-state index contributed by atoms with van der Waals surface area (Å²) in [4.78, 5) is 4.24. The average Bonchev–Trinajstić information content (AvgIpc) is 2.20. The van der Waals surface area contributed by atoms with E-state index in [0.717, 1.165) is 21.9 Å². The molecule has 0 unspecified atom stereocenters. The molecule has 0 amide bonds. The van der Waals surface area contributed by atoms with Crippen LogP contribution in [-0.4, -0.2) is 18.3 Å². The van der Waals surface area contributed by atoms with Crippen molar-refractivity contribution in [1.29, 1.82) is 0 Å². The highest BCUT2D eigenvalue weighted by atomic mass is 31.1. The van der Waals surface area contributed by atoms with Crippen LogP contribution >= 0.6 is 7.92 Å². The predicted octanol–water partition coefficient (Wildman–Crippen LogP) is 2.63. The SMILES string of the molecule is Cc1nc2ccc(N)c(P(C)C)c2cc1F. The van der Waals surface area contributed by atoms with Crippen LogP contribution in [0.4, 0.5) is 10.1 Å². The molecule has 1 aromatic heterocycles. The monoisotopic (exact) mass is 236 g/mol. The molecule has 0 aliphatic heterocycles. The van der Waals surface area contributed by atoms with Crippen LogP contribution in [0.3, 0.4) is 0 Å². The van der Waals surface area contributed by atoms with E-state index in [4.69, 9.17) is 5.73 Å². The molecular formula is C12H14FN2P. The van der Waals surface area contributed by atoms with E-state index in [1.165, 1.54) is 0 Å². The minimum absolute atomic E-state index is 0.267. The van der Waals surface area contributed by atoms with Crippen LogP contribution in [0.2, 0.25) is 0 Å². The fraction of sp³-hybridized carbons (Fsp3) is 0.250. The summed E-state index contributed by atoms with van der Waals surface area (Å²) in [7, 11) is -0.370. The first-order valence-electron chi connectivity index (χ1n) is 5.03. The fourth-order valence-corrected chi connectivity index (χ4v) is 3.07. The lowest BCUT2D eigenvalue weighted by Crippen LogP contribution is -2.09. The van der Waals surface area contributed by atoms with Gasteiger partial charge in [0.2, 0.25) is 0 Å². The van der Waals surface area contributed by atoms with E-state index in [1.54, 1.807) is 13.0 Å². The Bertz CT molecular complexity index is 552. The highest BCUT2D eigenvalue weighted by Crippen LogP contribution is 2.32. The van der Waals surface area contributed by atoms with Gasteiger partial charge in [0, 0.05) is 16.4 Å². The largest absolute Gasteiger partial charge is 0.398 e. The maximum absolute atomic E-state index is 13.5. The van der Waals surface area contributed by atoms with E-state index in [2.05, 4.69) is 18.3 Å². The number of nitrogen functional groups attached to an aromatic ring is 1. The topological polar surface area (TPSA) is 38.9 Å². The minimum atomic E-state index is -0.370. The summed E-state index contributed by atoms with van der Waals surface area (Å²) >= 11 is 0. The van der Waals surface area contributed by atoms with Crippen LogP contribution in [0.1, 0.15) is 5.69 Å². The lowest BCUT2D eigenvalue weighted by atomic mass is 10.2. The van der Waals surface area contributed by atoms with Gasteiger partial charge in [-0.25, -0.2) is 4.39 Å². The molecule has 2 N–H and O–H groups in total. The predicted molar refractivity (Wildman–Crippen MR) is 69.3 cm³/mol. The van der Waals surface area contributed by atoms with E-state index in [-0.39, 0.29) is 13.7 Å². The summed E-state index contributed by atoms with van der Waals surface area (Å²) in [6.45, 7) is 5.89. The third-order valence-corrected chi connectivity index (χ3v) is 3.97. The highest BCUT2D eigenvalue weighted by Gasteiger charge is 2.11. The summed E-state index contributed by atoms with van der Waals surface area (Å²) in [5.41, 5.74) is 7.92. The van der Waals surface area contributed by atoms with Crippen molar-refractivity contribution in [2.45, 2.75) is 6.92 Å². The van der Waals surface area contributed by atoms with Crippen molar-refractivity contribution in [2.24, 2.45) is 0 Å². The molecule has 84 valence electrons. The Morgan fingerprint density at radius 1 is 1.31 bits per heavy atom. The average molecular weight is 236 g/mol. The normalized spacial score (nSPS) is 11.3. The first-order valence-corrected chi connectivity index (χ1v) is 7.27. The Morgan fingerprint density at radius 3 is 2.62 bits per heavy atom. The van der Waals surface area contributed by atoms with Crippen LogP contribution in [0.25, 0.3) is 10.9 Å². The second kappa shape index (κ2) is 3.99. The van der Waals surface area contributed by atoms with Crippen LogP contribution in [0, 0.1) is 12.7 Å². The molecule has 1 aromatic carbocycles. The second-order valence-corrected chi connectivity index (χ2v) is 6.26. The van der Waals surface area contributed by atoms with Gasteiger partial charge in [0.1, 0.15) is 5.82 Å². The zero-order valence-corrected chi connectivity index (χ0v) is 10.5. The van der Waals surface area contributed by atoms with Gasteiger partial charge in [-0.15, -0.1) is 0 Å². The number of halogens is 1. The molecule has 0 aliphatic carbocycles. The maximum Gasteiger partial charge on any atom is 0.145 e. The number of benzene rings is 1. The molecular weight excluding hydrogens is 222 g/mol. The zero-order valence-electron chi connectivity index (χ0n) is 9.58. The van der Waals surface area contributed by atoms with Crippen molar-refractivity contribution < 1.29 is 4.39 Å². The maximum atomic E-state index is 13.5. The van der Waals surface area contributed by atoms with Gasteiger partial charge >= 0.3 is 0 Å². The molecule has 0 radical (unpaired) electrons. The van der Waals surface area contributed by atoms with Gasteiger partial charge in [0.15, 0.2) is 0 Å². The first-order chi connectivity index (χ1) is 7.50. The van der Waals surface area contributed by atoms with Crippen molar-refractivity contribution in [2.75, 3.05) is 19.1 Å². The molecule has 0 fully saturated rings. The fourth-order valence-electron chi connectivity index (χ4n) is 1.82. The molecule has 0 spiro atoms. The minimum Gasteiger partial charge on any atom is -0.398 e. The molecule has 4 heteroatoms. The van der Waals surface area contributed by atoms with E-state index < -0.39 is 0 Å². The summed E-state index contributed by atoms with van der Waals surface area (Å²) in [5, 5.41) is 1.89. The van der Waals surface area contributed by atoms with Crippen LogP contribution in [0.15, 0.2) is 18.2 Å². The van der Waals surface area contributed by atoms with Gasteiger partial charge in [0.05, 0.1) is 11.2 Å². The Morgan fingerprint density at radius 2 is 2.00 bits per heavy atom. The van der Waals surface area contributed by atoms with E-state index in [0.29, 0.717) is 5.69 Å². The molecule has 16 heavy (non-hydrogen) atoms. The lowest BCUT2D eigenvalue weighted by Gasteiger charge is -2.13. The van der Waals surface area contributed by atoms with Crippen LogP contribution < -0.4 is 11.0 Å². The number of pyridine rings is 1. The summed E-state index contributed by atoms with van der Waals surface area (Å²) < 4.78 is 13.5. The molecule has 2 nitrogen and oxygen atoms in total. The van der Waals surface area contributed by atoms with Gasteiger partial charge in [-0.2, -0.15) is 0 Å². The van der Waals surface area contributed by atoms with Gasteiger partial charge in [-0.3, -0.25) is 4.98 Å². The Kier molecular flexibility index (Phi) is 2.81. The highest BCUT2D eigenvalue weighted by molar-refractivity contribution is 7.65. The van der Waals surface area contributed by atoms with E-state index >= 15 is 0 Å². The standard InChI is InChI=1S/C12H14FN2P/c1-7-9(13)6-8-11(15-7)5-4-10(14)12(8)16(2)3/h4-6H,14H2,1-3H3. The smallest absolute Gasteiger partial charge is 0.145 e.